The van der Waals surface area contributed by atoms with Crippen molar-refractivity contribution in [3.05, 3.63) is 59.7 Å². The van der Waals surface area contributed by atoms with Crippen LogP contribution < -0.4 is 20.5 Å². The molecule has 0 heterocycles. The van der Waals surface area contributed by atoms with Crippen LogP contribution >= 0.6 is 0 Å². The first kappa shape index (κ1) is 25.0. The van der Waals surface area contributed by atoms with E-state index in [1.165, 1.54) is 12.1 Å². The molecule has 0 saturated heterocycles. The smallest absolute Gasteiger partial charge is 0.251 e. The quantitative estimate of drug-likeness (QED) is 0.432. The third-order valence-electron chi connectivity index (χ3n) is 4.44. The average Bonchev–Trinajstić information content (AvgIpc) is 2.78. The predicted molar refractivity (Wildman–Crippen MR) is 111 cm³/mol. The van der Waals surface area contributed by atoms with Crippen LogP contribution in [-0.4, -0.2) is 44.2 Å². The second-order valence-electron chi connectivity index (χ2n) is 6.89. The van der Waals surface area contributed by atoms with Crippen molar-refractivity contribution in [1.82, 2.24) is 5.32 Å². The standard InChI is InChI=1S/C23H25F3N2O4/c24-11-5-13-31-17-7-3-6-16(14-17)23(30)28-20(10-1-2-12-27)21(29)15-32-22-18(25)8-4-9-19(22)26/h3,6-8,14,20H,1-2,5,10-13,15,27H2,(H,28,30). The normalized spacial score (nSPS) is 11.4. The Morgan fingerprint density at radius 3 is 2.69 bits per heavy atom. The SMILES string of the molecule is NCCCCC(NC(=O)c1cccc(OCCCF)c1)C(=O)COc1c(F)c#ccc1F. The summed E-state index contributed by atoms with van der Waals surface area (Å²) >= 11 is 0. The maximum atomic E-state index is 13.7. The maximum absolute atomic E-state index is 13.7. The molecule has 0 aromatic heterocycles. The number of unbranched alkanes of at least 4 members (excludes halogenated alkanes) is 1. The molecule has 9 heteroatoms. The molecule has 2 aromatic carbocycles. The third-order valence-corrected chi connectivity index (χ3v) is 4.44. The number of halogens is 3. The predicted octanol–water partition coefficient (Wildman–Crippen LogP) is 3.18. The van der Waals surface area contributed by atoms with E-state index in [2.05, 4.69) is 11.4 Å². The molecule has 172 valence electrons. The highest BCUT2D eigenvalue weighted by atomic mass is 19.1. The van der Waals surface area contributed by atoms with Crippen molar-refractivity contribution >= 4 is 11.7 Å². The Labute approximate surface area is 184 Å². The highest BCUT2D eigenvalue weighted by Gasteiger charge is 2.23. The number of ketones is 1. The highest BCUT2D eigenvalue weighted by Crippen LogP contribution is 2.19. The number of hydrogen-bond donors (Lipinski definition) is 2. The van der Waals surface area contributed by atoms with E-state index in [4.69, 9.17) is 15.2 Å². The molecule has 2 aromatic rings. The first-order chi connectivity index (χ1) is 15.5. The molecule has 0 saturated carbocycles. The summed E-state index contributed by atoms with van der Waals surface area (Å²) in [6.07, 6.45) is 1.69. The number of rotatable bonds is 14. The van der Waals surface area contributed by atoms with E-state index >= 15 is 0 Å². The van der Waals surface area contributed by atoms with E-state index in [0.717, 1.165) is 6.07 Å². The molecular weight excluding hydrogens is 425 g/mol. The van der Waals surface area contributed by atoms with Crippen LogP contribution in [0.3, 0.4) is 0 Å². The maximum Gasteiger partial charge on any atom is 0.251 e. The zero-order chi connectivity index (χ0) is 23.3. The summed E-state index contributed by atoms with van der Waals surface area (Å²) in [7, 11) is 0. The monoisotopic (exact) mass is 450 g/mol. The van der Waals surface area contributed by atoms with Gasteiger partial charge in [0.1, 0.15) is 12.4 Å². The van der Waals surface area contributed by atoms with E-state index in [1.54, 1.807) is 12.1 Å². The fourth-order valence-corrected chi connectivity index (χ4v) is 2.79. The second kappa shape index (κ2) is 13.2. The van der Waals surface area contributed by atoms with E-state index < -0.39 is 48.4 Å². The molecule has 0 radical (unpaired) electrons. The van der Waals surface area contributed by atoms with Crippen molar-refractivity contribution in [3.63, 3.8) is 0 Å². The summed E-state index contributed by atoms with van der Waals surface area (Å²) in [6.45, 7) is -0.579. The third kappa shape index (κ3) is 7.78. The number of benzene rings is 1. The number of hydrogen-bond acceptors (Lipinski definition) is 5. The summed E-state index contributed by atoms with van der Waals surface area (Å²) < 4.78 is 49.9. The van der Waals surface area contributed by atoms with Crippen LogP contribution in [0.15, 0.2) is 30.3 Å². The molecule has 1 unspecified atom stereocenters. The Kier molecular flexibility index (Phi) is 10.3. The molecule has 1 atom stereocenters. The molecule has 32 heavy (non-hydrogen) atoms. The summed E-state index contributed by atoms with van der Waals surface area (Å²) in [5, 5.41) is 2.63. The minimum Gasteiger partial charge on any atom is -0.493 e. The lowest BCUT2D eigenvalue weighted by molar-refractivity contribution is -0.123. The van der Waals surface area contributed by atoms with Gasteiger partial charge in [0, 0.05) is 18.1 Å². The summed E-state index contributed by atoms with van der Waals surface area (Å²) in [6, 6.07) is 10.3. The number of carbonyl (C=O) groups excluding carboxylic acids is 2. The molecule has 0 aliphatic heterocycles. The highest BCUT2D eigenvalue weighted by molar-refractivity contribution is 5.98. The van der Waals surface area contributed by atoms with Crippen LogP contribution in [0.25, 0.3) is 0 Å². The number of alkyl halides is 1. The zero-order valence-electron chi connectivity index (χ0n) is 17.5. The van der Waals surface area contributed by atoms with Gasteiger partial charge in [0.25, 0.3) is 5.91 Å². The molecule has 0 spiro atoms. The van der Waals surface area contributed by atoms with Gasteiger partial charge < -0.3 is 20.5 Å². The number of carbonyl (C=O) groups is 2. The number of nitrogens with two attached hydrogens (primary N) is 1. The van der Waals surface area contributed by atoms with Gasteiger partial charge in [-0.2, -0.15) is 4.39 Å². The Bertz CT molecular complexity index is 875. The van der Waals surface area contributed by atoms with E-state index in [-0.39, 0.29) is 25.0 Å². The van der Waals surface area contributed by atoms with Crippen LogP contribution in [0.1, 0.15) is 36.0 Å². The van der Waals surface area contributed by atoms with Crippen molar-refractivity contribution in [2.75, 3.05) is 26.4 Å². The first-order valence-electron chi connectivity index (χ1n) is 10.2. The van der Waals surface area contributed by atoms with Crippen molar-refractivity contribution in [3.8, 4) is 11.5 Å². The minimum absolute atomic E-state index is 0.168. The molecule has 6 nitrogen and oxygen atoms in total. The molecule has 0 aliphatic rings. The largest absolute Gasteiger partial charge is 0.493 e. The molecular formula is C23H25F3N2O4. The van der Waals surface area contributed by atoms with Crippen molar-refractivity contribution < 1.29 is 32.2 Å². The van der Waals surface area contributed by atoms with Gasteiger partial charge in [-0.05, 0) is 50.1 Å². The molecule has 0 fully saturated rings. The van der Waals surface area contributed by atoms with Crippen molar-refractivity contribution in [2.45, 2.75) is 31.7 Å². The van der Waals surface area contributed by atoms with Crippen LogP contribution in [0.5, 0.6) is 11.5 Å². The van der Waals surface area contributed by atoms with Gasteiger partial charge in [0.15, 0.2) is 11.6 Å². The molecule has 0 bridgehead atoms. The fourth-order valence-electron chi connectivity index (χ4n) is 2.79. The lowest BCUT2D eigenvalue weighted by Crippen LogP contribution is -2.43. The lowest BCUT2D eigenvalue weighted by Gasteiger charge is -2.18. The van der Waals surface area contributed by atoms with E-state index in [1.807, 2.05) is 6.07 Å². The summed E-state index contributed by atoms with van der Waals surface area (Å²) in [5.41, 5.74) is 5.73. The molecule has 2 rings (SSSR count). The van der Waals surface area contributed by atoms with Crippen LogP contribution in [0.4, 0.5) is 13.2 Å². The molecule has 3 N–H and O–H groups in total. The van der Waals surface area contributed by atoms with Gasteiger partial charge in [0.05, 0.1) is 19.3 Å². The van der Waals surface area contributed by atoms with Crippen LogP contribution in [0, 0.1) is 23.8 Å². The Hall–Kier alpha value is -3.25. The minimum atomic E-state index is -1.11. The summed E-state index contributed by atoms with van der Waals surface area (Å²) in [5.74, 6) is -3.55. The van der Waals surface area contributed by atoms with Gasteiger partial charge in [0.2, 0.25) is 11.6 Å². The Morgan fingerprint density at radius 1 is 1.16 bits per heavy atom. The number of amides is 1. The van der Waals surface area contributed by atoms with E-state index in [9.17, 15) is 22.8 Å². The topological polar surface area (TPSA) is 90.6 Å². The van der Waals surface area contributed by atoms with Gasteiger partial charge >= 0.3 is 0 Å². The second-order valence-corrected chi connectivity index (χ2v) is 6.89. The van der Waals surface area contributed by atoms with Crippen LogP contribution in [0.2, 0.25) is 0 Å². The van der Waals surface area contributed by atoms with Gasteiger partial charge in [-0.1, -0.05) is 12.1 Å². The number of ether oxygens (including phenoxy) is 2. The fraction of sp³-hybridized carbons (Fsp3) is 0.391. The van der Waals surface area contributed by atoms with E-state index in [0.29, 0.717) is 25.1 Å². The number of nitrogens with one attached hydrogen (secondary N) is 1. The van der Waals surface area contributed by atoms with Gasteiger partial charge in [-0.25, -0.2) is 4.39 Å². The Morgan fingerprint density at radius 2 is 1.97 bits per heavy atom. The van der Waals surface area contributed by atoms with Crippen LogP contribution in [-0.2, 0) is 4.79 Å². The van der Waals surface area contributed by atoms with Gasteiger partial charge in [-0.15, -0.1) is 0 Å². The van der Waals surface area contributed by atoms with Gasteiger partial charge in [-0.3, -0.25) is 14.0 Å². The lowest BCUT2D eigenvalue weighted by atomic mass is 10.0. The van der Waals surface area contributed by atoms with Crippen molar-refractivity contribution in [2.24, 2.45) is 5.73 Å². The Balaban J connectivity index is 2.05. The average molecular weight is 450 g/mol. The summed E-state index contributed by atoms with van der Waals surface area (Å²) in [4.78, 5) is 25.3. The zero-order valence-corrected chi connectivity index (χ0v) is 17.5. The molecule has 0 aliphatic carbocycles. The number of Topliss-reactive ketones (excluding diaryl/α,β-unsaturated/α-hetero) is 1. The molecule has 1 amide bonds. The first-order valence-corrected chi connectivity index (χ1v) is 10.2. The van der Waals surface area contributed by atoms with Crippen molar-refractivity contribution in [1.29, 1.82) is 0 Å².